The highest BCUT2D eigenvalue weighted by Crippen LogP contribution is 2.29. The van der Waals surface area contributed by atoms with E-state index in [-0.39, 0.29) is 5.56 Å². The van der Waals surface area contributed by atoms with Gasteiger partial charge in [0, 0.05) is 12.6 Å². The van der Waals surface area contributed by atoms with Gasteiger partial charge in [-0.3, -0.25) is 9.10 Å². The number of H-pyrrole nitrogens is 1. The maximum atomic E-state index is 12.2. The first-order valence-electron chi connectivity index (χ1n) is 6.90. The number of para-hydroxylation sites is 2. The number of fused-ring (bicyclic) bond motifs is 1. The Balaban J connectivity index is 2.26. The van der Waals surface area contributed by atoms with Crippen molar-refractivity contribution in [2.45, 2.75) is 0 Å². The van der Waals surface area contributed by atoms with E-state index in [1.165, 1.54) is 7.05 Å². The quantitative estimate of drug-likeness (QED) is 0.796. The second-order valence-corrected chi connectivity index (χ2v) is 7.19. The third kappa shape index (κ3) is 2.83. The molecule has 0 aliphatic carbocycles. The van der Waals surface area contributed by atoms with Crippen molar-refractivity contribution in [1.29, 1.82) is 0 Å². The van der Waals surface area contributed by atoms with Crippen LogP contribution >= 0.6 is 0 Å². The van der Waals surface area contributed by atoms with Gasteiger partial charge in [0.2, 0.25) is 10.0 Å². The minimum Gasteiger partial charge on any atom is -0.306 e. The smallest absolute Gasteiger partial charge is 0.259 e. The summed E-state index contributed by atoms with van der Waals surface area (Å²) in [5, 5.41) is 0.491. The Bertz CT molecular complexity index is 1040. The molecule has 0 radical (unpaired) electrons. The zero-order chi connectivity index (χ0) is 16.6. The van der Waals surface area contributed by atoms with Crippen LogP contribution in [0.4, 0.5) is 5.69 Å². The number of sulfonamides is 1. The molecule has 2 aromatic carbocycles. The second-order valence-electron chi connectivity index (χ2n) is 5.18. The summed E-state index contributed by atoms with van der Waals surface area (Å²) in [4.78, 5) is 19.4. The van der Waals surface area contributed by atoms with Gasteiger partial charge in [0.05, 0.1) is 22.8 Å². The summed E-state index contributed by atoms with van der Waals surface area (Å²) in [6.45, 7) is 0. The number of nitrogens with one attached hydrogen (secondary N) is 1. The van der Waals surface area contributed by atoms with E-state index in [0.29, 0.717) is 28.0 Å². The van der Waals surface area contributed by atoms with Gasteiger partial charge in [0.25, 0.3) is 5.56 Å². The number of nitrogens with zero attached hydrogens (tertiary/aromatic N) is 2. The molecule has 0 spiro atoms. The van der Waals surface area contributed by atoms with Gasteiger partial charge in [-0.2, -0.15) is 0 Å². The van der Waals surface area contributed by atoms with Gasteiger partial charge >= 0.3 is 0 Å². The van der Waals surface area contributed by atoms with Crippen molar-refractivity contribution < 1.29 is 8.42 Å². The maximum Gasteiger partial charge on any atom is 0.259 e. The number of aromatic amines is 1. The van der Waals surface area contributed by atoms with Crippen molar-refractivity contribution in [2.75, 3.05) is 17.6 Å². The van der Waals surface area contributed by atoms with Gasteiger partial charge in [-0.15, -0.1) is 0 Å². The number of hydrogen-bond donors (Lipinski definition) is 1. The van der Waals surface area contributed by atoms with E-state index in [0.717, 1.165) is 10.6 Å². The molecule has 1 N–H and O–H groups in total. The molecule has 0 saturated carbocycles. The Morgan fingerprint density at radius 1 is 1.04 bits per heavy atom. The van der Waals surface area contributed by atoms with Gasteiger partial charge in [-0.25, -0.2) is 13.4 Å². The van der Waals surface area contributed by atoms with E-state index < -0.39 is 10.0 Å². The van der Waals surface area contributed by atoms with Crippen molar-refractivity contribution in [3.63, 3.8) is 0 Å². The van der Waals surface area contributed by atoms with Crippen molar-refractivity contribution in [3.8, 4) is 11.4 Å². The Labute approximate surface area is 133 Å². The molecule has 7 heteroatoms. The average molecular weight is 329 g/mol. The van der Waals surface area contributed by atoms with Gasteiger partial charge in [-0.1, -0.05) is 24.3 Å². The molecule has 0 fully saturated rings. The standard InChI is InChI=1S/C16H15N3O3S/c1-19(23(2,21)22)14-10-6-4-8-12(14)15-17-13-9-5-3-7-11(13)16(20)18-15/h3-10H,1-2H3,(H,17,18,20). The van der Waals surface area contributed by atoms with Crippen molar-refractivity contribution in [3.05, 3.63) is 58.9 Å². The Morgan fingerprint density at radius 2 is 1.70 bits per heavy atom. The number of anilines is 1. The van der Waals surface area contributed by atoms with Crippen LogP contribution in [0.1, 0.15) is 0 Å². The molecule has 3 aromatic rings. The fraction of sp³-hybridized carbons (Fsp3) is 0.125. The summed E-state index contributed by atoms with van der Waals surface area (Å²) in [7, 11) is -1.96. The number of hydrogen-bond acceptors (Lipinski definition) is 4. The highest BCUT2D eigenvalue weighted by molar-refractivity contribution is 7.92. The van der Waals surface area contributed by atoms with Gasteiger partial charge in [0.1, 0.15) is 5.82 Å². The minimum atomic E-state index is -3.43. The van der Waals surface area contributed by atoms with Crippen LogP contribution in [-0.2, 0) is 10.0 Å². The molecule has 0 aliphatic rings. The first-order valence-corrected chi connectivity index (χ1v) is 8.75. The molecule has 1 heterocycles. The Morgan fingerprint density at radius 3 is 2.43 bits per heavy atom. The van der Waals surface area contributed by atoms with E-state index in [1.54, 1.807) is 48.5 Å². The third-order valence-corrected chi connectivity index (χ3v) is 4.80. The summed E-state index contributed by atoms with van der Waals surface area (Å²) in [6, 6.07) is 13.9. The molecule has 0 unspecified atom stereocenters. The summed E-state index contributed by atoms with van der Waals surface area (Å²) in [5.41, 5.74) is 1.29. The van der Waals surface area contributed by atoms with Crippen LogP contribution in [-0.4, -0.2) is 31.7 Å². The van der Waals surface area contributed by atoms with Crippen LogP contribution in [0.5, 0.6) is 0 Å². The monoisotopic (exact) mass is 329 g/mol. The molecule has 0 atom stereocenters. The van der Waals surface area contributed by atoms with Crippen molar-refractivity contribution >= 4 is 26.6 Å². The van der Waals surface area contributed by atoms with Crippen LogP contribution < -0.4 is 9.86 Å². The predicted octanol–water partition coefficient (Wildman–Crippen LogP) is 1.99. The lowest BCUT2D eigenvalue weighted by Crippen LogP contribution is -2.25. The molecule has 6 nitrogen and oxygen atoms in total. The van der Waals surface area contributed by atoms with E-state index in [1.807, 2.05) is 0 Å². The summed E-state index contributed by atoms with van der Waals surface area (Å²) in [6.07, 6.45) is 1.13. The van der Waals surface area contributed by atoms with Crippen LogP contribution in [0.2, 0.25) is 0 Å². The van der Waals surface area contributed by atoms with Crippen molar-refractivity contribution in [1.82, 2.24) is 9.97 Å². The lowest BCUT2D eigenvalue weighted by molar-refractivity contribution is 0.600. The fourth-order valence-corrected chi connectivity index (χ4v) is 2.86. The highest BCUT2D eigenvalue weighted by Gasteiger charge is 2.18. The van der Waals surface area contributed by atoms with E-state index in [2.05, 4.69) is 9.97 Å². The molecular formula is C16H15N3O3S. The maximum absolute atomic E-state index is 12.2. The molecule has 3 rings (SSSR count). The van der Waals surface area contributed by atoms with Crippen LogP contribution in [0.15, 0.2) is 53.3 Å². The van der Waals surface area contributed by atoms with E-state index in [4.69, 9.17) is 0 Å². The molecule has 1 aromatic heterocycles. The lowest BCUT2D eigenvalue weighted by atomic mass is 10.1. The summed E-state index contributed by atoms with van der Waals surface area (Å²) in [5.74, 6) is 0.333. The van der Waals surface area contributed by atoms with Crippen LogP contribution in [0, 0.1) is 0 Å². The summed E-state index contributed by atoms with van der Waals surface area (Å²) < 4.78 is 24.8. The van der Waals surface area contributed by atoms with Gasteiger partial charge < -0.3 is 4.98 Å². The van der Waals surface area contributed by atoms with Crippen molar-refractivity contribution in [2.24, 2.45) is 0 Å². The molecule has 118 valence electrons. The third-order valence-electron chi connectivity index (χ3n) is 3.61. The molecule has 23 heavy (non-hydrogen) atoms. The number of rotatable bonds is 3. The average Bonchev–Trinajstić information content (AvgIpc) is 2.53. The predicted molar refractivity (Wildman–Crippen MR) is 91.0 cm³/mol. The first-order chi connectivity index (χ1) is 10.9. The molecule has 0 bridgehead atoms. The largest absolute Gasteiger partial charge is 0.306 e. The molecule has 0 saturated heterocycles. The zero-order valence-corrected chi connectivity index (χ0v) is 13.5. The van der Waals surface area contributed by atoms with Gasteiger partial charge in [0.15, 0.2) is 0 Å². The number of aromatic nitrogens is 2. The summed E-state index contributed by atoms with van der Waals surface area (Å²) >= 11 is 0. The lowest BCUT2D eigenvalue weighted by Gasteiger charge is -2.19. The van der Waals surface area contributed by atoms with E-state index in [9.17, 15) is 13.2 Å². The molecule has 0 amide bonds. The Kier molecular flexibility index (Phi) is 3.65. The highest BCUT2D eigenvalue weighted by atomic mass is 32.2. The minimum absolute atomic E-state index is 0.262. The molecule has 0 aliphatic heterocycles. The van der Waals surface area contributed by atoms with Crippen LogP contribution in [0.25, 0.3) is 22.3 Å². The van der Waals surface area contributed by atoms with Gasteiger partial charge in [-0.05, 0) is 24.3 Å². The normalized spacial score (nSPS) is 11.6. The second kappa shape index (κ2) is 5.51. The molecular weight excluding hydrogens is 314 g/mol. The number of benzene rings is 2. The Hall–Kier alpha value is -2.67. The SMILES string of the molecule is CN(c1ccccc1-c1nc2ccccc2c(=O)[nH]1)S(C)(=O)=O. The zero-order valence-electron chi connectivity index (χ0n) is 12.6. The fourth-order valence-electron chi connectivity index (χ4n) is 2.34. The van der Waals surface area contributed by atoms with Crippen LogP contribution in [0.3, 0.4) is 0 Å². The topological polar surface area (TPSA) is 83.1 Å². The first kappa shape index (κ1) is 15.2. The van der Waals surface area contributed by atoms with E-state index >= 15 is 0 Å².